The fourth-order valence-corrected chi connectivity index (χ4v) is 4.18. The molecule has 2 heterocycles. The Morgan fingerprint density at radius 1 is 1.26 bits per heavy atom. The summed E-state index contributed by atoms with van der Waals surface area (Å²) in [6, 6.07) is 2.98. The lowest BCUT2D eigenvalue weighted by Crippen LogP contribution is -2.51. The third-order valence-electron chi connectivity index (χ3n) is 5.75. The van der Waals surface area contributed by atoms with E-state index in [1.807, 2.05) is 4.90 Å². The molecule has 1 N–H and O–H groups in total. The van der Waals surface area contributed by atoms with E-state index < -0.39 is 5.97 Å². The summed E-state index contributed by atoms with van der Waals surface area (Å²) in [6.07, 6.45) is 8.71. The highest BCUT2D eigenvalue weighted by molar-refractivity contribution is 5.95. The van der Waals surface area contributed by atoms with Gasteiger partial charge in [0.2, 0.25) is 0 Å². The van der Waals surface area contributed by atoms with Gasteiger partial charge < -0.3 is 10.0 Å². The SMILES string of the molecule is CC1CCN(C(=O)c2ccc(C(=O)O)nc2)CC12CCCCC2. The number of rotatable bonds is 2. The highest BCUT2D eigenvalue weighted by Crippen LogP contribution is 2.46. The number of hydrogen-bond acceptors (Lipinski definition) is 3. The molecular weight excluding hydrogens is 292 g/mol. The molecule has 2 aliphatic rings. The molecule has 1 spiro atoms. The van der Waals surface area contributed by atoms with E-state index in [1.165, 1.54) is 44.4 Å². The number of aromatic carboxylic acids is 1. The number of carboxylic acids is 1. The van der Waals surface area contributed by atoms with Crippen molar-refractivity contribution in [2.45, 2.75) is 45.4 Å². The van der Waals surface area contributed by atoms with E-state index >= 15 is 0 Å². The van der Waals surface area contributed by atoms with Crippen LogP contribution in [0.25, 0.3) is 0 Å². The lowest BCUT2D eigenvalue weighted by atomic mass is 9.63. The first-order chi connectivity index (χ1) is 11.0. The van der Waals surface area contributed by atoms with Crippen molar-refractivity contribution in [3.8, 4) is 0 Å². The number of carboxylic acid groups (broad SMARTS) is 1. The summed E-state index contributed by atoms with van der Waals surface area (Å²) in [5, 5.41) is 8.90. The number of piperidine rings is 1. The van der Waals surface area contributed by atoms with Gasteiger partial charge in [-0.15, -0.1) is 0 Å². The van der Waals surface area contributed by atoms with Crippen molar-refractivity contribution in [3.05, 3.63) is 29.6 Å². The molecule has 1 aliphatic heterocycles. The Bertz CT molecular complexity index is 591. The summed E-state index contributed by atoms with van der Waals surface area (Å²) in [5.41, 5.74) is 0.730. The molecule has 3 rings (SSSR count). The van der Waals surface area contributed by atoms with Gasteiger partial charge in [-0.3, -0.25) is 4.79 Å². The number of nitrogens with zero attached hydrogens (tertiary/aromatic N) is 2. The summed E-state index contributed by atoms with van der Waals surface area (Å²) < 4.78 is 0. The van der Waals surface area contributed by atoms with E-state index in [0.717, 1.165) is 19.5 Å². The molecule has 1 saturated heterocycles. The van der Waals surface area contributed by atoms with E-state index in [1.54, 1.807) is 6.07 Å². The summed E-state index contributed by atoms with van der Waals surface area (Å²) in [6.45, 7) is 3.94. The number of amides is 1. The zero-order valence-corrected chi connectivity index (χ0v) is 13.6. The molecular formula is C18H24N2O3. The Balaban J connectivity index is 1.75. The zero-order valence-electron chi connectivity index (χ0n) is 13.6. The second-order valence-electron chi connectivity index (χ2n) is 7.08. The highest BCUT2D eigenvalue weighted by atomic mass is 16.4. The molecule has 23 heavy (non-hydrogen) atoms. The van der Waals surface area contributed by atoms with Crippen LogP contribution in [0.3, 0.4) is 0 Å². The number of pyridine rings is 1. The third kappa shape index (κ3) is 3.09. The summed E-state index contributed by atoms with van der Waals surface area (Å²) in [7, 11) is 0. The summed E-state index contributed by atoms with van der Waals surface area (Å²) in [4.78, 5) is 29.4. The average molecular weight is 316 g/mol. The van der Waals surface area contributed by atoms with E-state index in [2.05, 4.69) is 11.9 Å². The Kier molecular flexibility index (Phi) is 4.37. The molecule has 1 aliphatic carbocycles. The van der Waals surface area contributed by atoms with Crippen LogP contribution in [0.1, 0.15) is 66.3 Å². The molecule has 5 heteroatoms. The van der Waals surface area contributed by atoms with Gasteiger partial charge in [0.25, 0.3) is 5.91 Å². The van der Waals surface area contributed by atoms with Crippen molar-refractivity contribution in [2.24, 2.45) is 11.3 Å². The fraction of sp³-hybridized carbons (Fsp3) is 0.611. The van der Waals surface area contributed by atoms with Crippen LogP contribution < -0.4 is 0 Å². The van der Waals surface area contributed by atoms with E-state index in [9.17, 15) is 9.59 Å². The molecule has 0 radical (unpaired) electrons. The van der Waals surface area contributed by atoms with Gasteiger partial charge in [0.15, 0.2) is 0 Å². The number of hydrogen-bond donors (Lipinski definition) is 1. The molecule has 124 valence electrons. The number of carbonyl (C=O) groups is 2. The van der Waals surface area contributed by atoms with E-state index in [-0.39, 0.29) is 17.0 Å². The standard InChI is InChI=1S/C18H24N2O3/c1-13-7-10-20(12-18(13)8-3-2-4-9-18)16(21)14-5-6-15(17(22)23)19-11-14/h5-6,11,13H,2-4,7-10,12H2,1H3,(H,22,23). The van der Waals surface area contributed by atoms with E-state index in [4.69, 9.17) is 5.11 Å². The average Bonchev–Trinajstić information content (AvgIpc) is 2.58. The van der Waals surface area contributed by atoms with Gasteiger partial charge in [-0.1, -0.05) is 26.2 Å². The quantitative estimate of drug-likeness (QED) is 0.909. The zero-order chi connectivity index (χ0) is 16.4. The second kappa shape index (κ2) is 6.30. The second-order valence-corrected chi connectivity index (χ2v) is 7.08. The Labute approximate surface area is 136 Å². The Morgan fingerprint density at radius 2 is 2.00 bits per heavy atom. The van der Waals surface area contributed by atoms with Gasteiger partial charge in [-0.05, 0) is 42.7 Å². The summed E-state index contributed by atoms with van der Waals surface area (Å²) >= 11 is 0. The topological polar surface area (TPSA) is 70.5 Å². The lowest BCUT2D eigenvalue weighted by molar-refractivity contribution is 0.00679. The van der Waals surface area contributed by atoms with Crippen molar-refractivity contribution in [1.29, 1.82) is 0 Å². The first-order valence-electron chi connectivity index (χ1n) is 8.50. The van der Waals surface area contributed by atoms with Crippen LogP contribution in [0.5, 0.6) is 0 Å². The predicted molar refractivity (Wildman–Crippen MR) is 86.4 cm³/mol. The van der Waals surface area contributed by atoms with Crippen LogP contribution in [0.2, 0.25) is 0 Å². The van der Waals surface area contributed by atoms with Gasteiger partial charge in [0, 0.05) is 19.3 Å². The van der Waals surface area contributed by atoms with Gasteiger partial charge in [0.1, 0.15) is 5.69 Å². The third-order valence-corrected chi connectivity index (χ3v) is 5.75. The Hall–Kier alpha value is -1.91. The van der Waals surface area contributed by atoms with Crippen LogP contribution in [0.15, 0.2) is 18.3 Å². The number of likely N-dealkylation sites (tertiary alicyclic amines) is 1. The van der Waals surface area contributed by atoms with Crippen LogP contribution in [-0.2, 0) is 0 Å². The number of aromatic nitrogens is 1. The minimum atomic E-state index is -1.07. The maximum absolute atomic E-state index is 12.8. The molecule has 1 amide bonds. The largest absolute Gasteiger partial charge is 0.477 e. The molecule has 0 bridgehead atoms. The lowest BCUT2D eigenvalue weighted by Gasteiger charge is -2.49. The molecule has 1 aromatic rings. The molecule has 1 atom stereocenters. The van der Waals surface area contributed by atoms with Crippen LogP contribution >= 0.6 is 0 Å². The maximum Gasteiger partial charge on any atom is 0.354 e. The van der Waals surface area contributed by atoms with Gasteiger partial charge >= 0.3 is 5.97 Å². The molecule has 5 nitrogen and oxygen atoms in total. The van der Waals surface area contributed by atoms with Crippen molar-refractivity contribution in [3.63, 3.8) is 0 Å². The van der Waals surface area contributed by atoms with Crippen LogP contribution in [0.4, 0.5) is 0 Å². The minimum absolute atomic E-state index is 0.0220. The van der Waals surface area contributed by atoms with Gasteiger partial charge in [-0.2, -0.15) is 0 Å². The maximum atomic E-state index is 12.8. The fourth-order valence-electron chi connectivity index (χ4n) is 4.18. The summed E-state index contributed by atoms with van der Waals surface area (Å²) in [5.74, 6) is -0.428. The molecule has 1 saturated carbocycles. The monoisotopic (exact) mass is 316 g/mol. The smallest absolute Gasteiger partial charge is 0.354 e. The minimum Gasteiger partial charge on any atom is -0.477 e. The van der Waals surface area contributed by atoms with E-state index in [0.29, 0.717) is 11.5 Å². The van der Waals surface area contributed by atoms with Crippen molar-refractivity contribution in [1.82, 2.24) is 9.88 Å². The molecule has 1 aromatic heterocycles. The highest BCUT2D eigenvalue weighted by Gasteiger charge is 2.42. The van der Waals surface area contributed by atoms with Crippen molar-refractivity contribution < 1.29 is 14.7 Å². The van der Waals surface area contributed by atoms with Crippen LogP contribution in [0, 0.1) is 11.3 Å². The molecule has 0 aromatic carbocycles. The predicted octanol–water partition coefficient (Wildman–Crippen LogP) is 3.21. The van der Waals surface area contributed by atoms with Crippen LogP contribution in [-0.4, -0.2) is 40.0 Å². The van der Waals surface area contributed by atoms with Gasteiger partial charge in [0.05, 0.1) is 5.56 Å². The Morgan fingerprint density at radius 3 is 2.61 bits per heavy atom. The first kappa shape index (κ1) is 16.0. The first-order valence-corrected chi connectivity index (χ1v) is 8.50. The van der Waals surface area contributed by atoms with Crippen molar-refractivity contribution in [2.75, 3.05) is 13.1 Å². The number of carbonyl (C=O) groups excluding carboxylic acids is 1. The molecule has 1 unspecified atom stereocenters. The van der Waals surface area contributed by atoms with Crippen molar-refractivity contribution >= 4 is 11.9 Å². The normalized spacial score (nSPS) is 23.7. The van der Waals surface area contributed by atoms with Gasteiger partial charge in [-0.25, -0.2) is 9.78 Å². The molecule has 2 fully saturated rings.